The van der Waals surface area contributed by atoms with Crippen LogP contribution in [0.5, 0.6) is 0 Å². The predicted octanol–water partition coefficient (Wildman–Crippen LogP) is 1.41. The molecule has 0 unspecified atom stereocenters. The molecule has 106 valence electrons. The summed E-state index contributed by atoms with van der Waals surface area (Å²) in [5.74, 6) is 0. The van der Waals surface area contributed by atoms with E-state index in [2.05, 4.69) is 5.32 Å². The maximum absolute atomic E-state index is 11.7. The van der Waals surface area contributed by atoms with Gasteiger partial charge in [-0.2, -0.15) is 8.42 Å². The van der Waals surface area contributed by atoms with Gasteiger partial charge in [0.15, 0.2) is 0 Å². The lowest BCUT2D eigenvalue weighted by Gasteiger charge is -2.41. The molecule has 1 amide bonds. The Morgan fingerprint density at radius 2 is 1.89 bits per heavy atom. The summed E-state index contributed by atoms with van der Waals surface area (Å²) < 4.78 is 31.8. The fourth-order valence-electron chi connectivity index (χ4n) is 1.65. The zero-order valence-corrected chi connectivity index (χ0v) is 12.1. The van der Waals surface area contributed by atoms with E-state index < -0.39 is 27.4 Å². The molecule has 1 aliphatic rings. The maximum atomic E-state index is 11.7. The van der Waals surface area contributed by atoms with Crippen molar-refractivity contribution in [2.75, 3.05) is 12.9 Å². The molecule has 6 nitrogen and oxygen atoms in total. The summed E-state index contributed by atoms with van der Waals surface area (Å²) in [6.07, 6.45) is 2.78. The molecule has 0 aliphatic heterocycles. The van der Waals surface area contributed by atoms with E-state index in [1.807, 2.05) is 0 Å². The summed E-state index contributed by atoms with van der Waals surface area (Å²) in [4.78, 5) is 11.7. The molecule has 1 fully saturated rings. The number of amides is 1. The van der Waals surface area contributed by atoms with E-state index in [0.29, 0.717) is 12.8 Å². The third kappa shape index (κ3) is 5.22. The van der Waals surface area contributed by atoms with Gasteiger partial charge >= 0.3 is 6.09 Å². The summed E-state index contributed by atoms with van der Waals surface area (Å²) in [5.41, 5.74) is -1.18. The highest BCUT2D eigenvalue weighted by Crippen LogP contribution is 2.32. The number of carbonyl (C=O) groups is 1. The third-order valence-corrected chi connectivity index (χ3v) is 3.17. The molecule has 1 aliphatic carbocycles. The van der Waals surface area contributed by atoms with Gasteiger partial charge in [0.25, 0.3) is 10.1 Å². The van der Waals surface area contributed by atoms with E-state index in [-0.39, 0.29) is 6.61 Å². The van der Waals surface area contributed by atoms with Crippen LogP contribution in [0.3, 0.4) is 0 Å². The Hall–Kier alpha value is -0.820. The van der Waals surface area contributed by atoms with Gasteiger partial charge in [-0.15, -0.1) is 0 Å². The second kappa shape index (κ2) is 5.05. The summed E-state index contributed by atoms with van der Waals surface area (Å²) >= 11 is 0. The third-order valence-electron chi connectivity index (χ3n) is 2.63. The van der Waals surface area contributed by atoms with E-state index in [9.17, 15) is 13.2 Å². The highest BCUT2D eigenvalue weighted by atomic mass is 32.2. The van der Waals surface area contributed by atoms with Crippen molar-refractivity contribution in [2.24, 2.45) is 0 Å². The van der Waals surface area contributed by atoms with Gasteiger partial charge in [0.2, 0.25) is 0 Å². The van der Waals surface area contributed by atoms with Gasteiger partial charge in [-0.1, -0.05) is 0 Å². The second-order valence-corrected chi connectivity index (χ2v) is 7.37. The molecule has 1 saturated carbocycles. The van der Waals surface area contributed by atoms with Gasteiger partial charge in [0.1, 0.15) is 5.60 Å². The van der Waals surface area contributed by atoms with Crippen molar-refractivity contribution in [3.63, 3.8) is 0 Å². The quantitative estimate of drug-likeness (QED) is 0.787. The Balaban J connectivity index is 2.53. The molecular formula is C11H21NO5S. The van der Waals surface area contributed by atoms with Crippen molar-refractivity contribution in [2.45, 2.75) is 51.2 Å². The molecule has 0 spiro atoms. The van der Waals surface area contributed by atoms with Gasteiger partial charge in [-0.05, 0) is 40.0 Å². The minimum absolute atomic E-state index is 0.0366. The normalized spacial score (nSPS) is 18.9. The predicted molar refractivity (Wildman–Crippen MR) is 66.7 cm³/mol. The maximum Gasteiger partial charge on any atom is 0.408 e. The van der Waals surface area contributed by atoms with Crippen LogP contribution in [0.15, 0.2) is 0 Å². The van der Waals surface area contributed by atoms with Gasteiger partial charge in [-0.3, -0.25) is 4.18 Å². The first-order valence-corrected chi connectivity index (χ1v) is 7.69. The van der Waals surface area contributed by atoms with E-state index >= 15 is 0 Å². The van der Waals surface area contributed by atoms with Crippen molar-refractivity contribution >= 4 is 16.2 Å². The highest BCUT2D eigenvalue weighted by molar-refractivity contribution is 7.85. The number of hydrogen-bond donors (Lipinski definition) is 1. The van der Waals surface area contributed by atoms with Crippen LogP contribution in [0, 0.1) is 0 Å². The van der Waals surface area contributed by atoms with Crippen molar-refractivity contribution in [1.82, 2.24) is 5.32 Å². The molecule has 0 aromatic rings. The monoisotopic (exact) mass is 279 g/mol. The smallest absolute Gasteiger partial charge is 0.408 e. The standard InChI is InChI=1S/C11H21NO5S/c1-10(2,3)17-9(13)12-11(6-5-7-11)8-16-18(4,14)15/h5-8H2,1-4H3,(H,12,13). The zero-order chi connectivity index (χ0) is 14.0. The van der Waals surface area contributed by atoms with Crippen LogP contribution in [-0.2, 0) is 19.0 Å². The van der Waals surface area contributed by atoms with Crippen LogP contribution < -0.4 is 5.32 Å². The SMILES string of the molecule is CC(C)(C)OC(=O)NC1(COS(C)(=O)=O)CCC1. The molecule has 1 N–H and O–H groups in total. The van der Waals surface area contributed by atoms with Crippen molar-refractivity contribution in [3.05, 3.63) is 0 Å². The minimum Gasteiger partial charge on any atom is -0.444 e. The Kier molecular flexibility index (Phi) is 4.27. The lowest BCUT2D eigenvalue weighted by Crippen LogP contribution is -2.57. The van der Waals surface area contributed by atoms with Crippen LogP contribution in [0.2, 0.25) is 0 Å². The van der Waals surface area contributed by atoms with Crippen LogP contribution in [0.25, 0.3) is 0 Å². The Morgan fingerprint density at radius 3 is 2.22 bits per heavy atom. The molecule has 0 radical (unpaired) electrons. The van der Waals surface area contributed by atoms with E-state index in [4.69, 9.17) is 8.92 Å². The lowest BCUT2D eigenvalue weighted by molar-refractivity contribution is 0.0299. The van der Waals surface area contributed by atoms with Crippen LogP contribution in [0.4, 0.5) is 4.79 Å². The molecular weight excluding hydrogens is 258 g/mol. The Bertz CT molecular complexity index is 406. The van der Waals surface area contributed by atoms with E-state index in [0.717, 1.165) is 12.7 Å². The lowest BCUT2D eigenvalue weighted by atomic mass is 9.77. The largest absolute Gasteiger partial charge is 0.444 e. The summed E-state index contributed by atoms with van der Waals surface area (Å²) in [6, 6.07) is 0. The fraction of sp³-hybridized carbons (Fsp3) is 0.909. The van der Waals surface area contributed by atoms with Gasteiger partial charge in [0.05, 0.1) is 18.4 Å². The van der Waals surface area contributed by atoms with Crippen LogP contribution in [0.1, 0.15) is 40.0 Å². The Labute approximate surface area is 108 Å². The Morgan fingerprint density at radius 1 is 1.33 bits per heavy atom. The van der Waals surface area contributed by atoms with E-state index in [1.54, 1.807) is 20.8 Å². The summed E-state index contributed by atoms with van der Waals surface area (Å²) in [7, 11) is -3.50. The number of rotatable bonds is 4. The van der Waals surface area contributed by atoms with Crippen molar-refractivity contribution in [1.29, 1.82) is 0 Å². The van der Waals surface area contributed by atoms with Crippen LogP contribution in [-0.4, -0.2) is 38.5 Å². The molecule has 7 heteroatoms. The van der Waals surface area contributed by atoms with Crippen LogP contribution >= 0.6 is 0 Å². The minimum atomic E-state index is -3.50. The molecule has 0 saturated heterocycles. The average Bonchev–Trinajstić information content (AvgIpc) is 2.04. The number of nitrogens with one attached hydrogen (secondary N) is 1. The number of ether oxygens (including phenoxy) is 1. The number of hydrogen-bond acceptors (Lipinski definition) is 5. The first-order valence-electron chi connectivity index (χ1n) is 5.87. The number of carbonyl (C=O) groups excluding carboxylic acids is 1. The van der Waals surface area contributed by atoms with E-state index in [1.165, 1.54) is 0 Å². The molecule has 0 aromatic heterocycles. The summed E-state index contributed by atoms with van der Waals surface area (Å²) in [5, 5.41) is 2.71. The average molecular weight is 279 g/mol. The zero-order valence-electron chi connectivity index (χ0n) is 11.3. The first-order chi connectivity index (χ1) is 8.02. The number of alkyl carbamates (subject to hydrolysis) is 1. The second-order valence-electron chi connectivity index (χ2n) is 5.73. The molecule has 0 bridgehead atoms. The van der Waals surface area contributed by atoms with Gasteiger partial charge in [-0.25, -0.2) is 4.79 Å². The van der Waals surface area contributed by atoms with Crippen molar-refractivity contribution in [3.8, 4) is 0 Å². The first kappa shape index (κ1) is 15.2. The molecule has 0 heterocycles. The molecule has 1 rings (SSSR count). The molecule has 0 atom stereocenters. The van der Waals surface area contributed by atoms with Gasteiger partial charge in [0, 0.05) is 0 Å². The highest BCUT2D eigenvalue weighted by Gasteiger charge is 2.40. The fourth-order valence-corrected chi connectivity index (χ4v) is 2.09. The molecule has 0 aromatic carbocycles. The van der Waals surface area contributed by atoms with Crippen molar-refractivity contribution < 1.29 is 22.1 Å². The molecule has 18 heavy (non-hydrogen) atoms. The summed E-state index contributed by atoms with van der Waals surface area (Å²) in [6.45, 7) is 5.28. The topological polar surface area (TPSA) is 81.7 Å². The van der Waals surface area contributed by atoms with Gasteiger partial charge < -0.3 is 10.1 Å².